The molecule has 0 bridgehead atoms. The van der Waals surface area contributed by atoms with Crippen LogP contribution in [0.2, 0.25) is 5.15 Å². The Morgan fingerprint density at radius 1 is 1.12 bits per heavy atom. The highest BCUT2D eigenvalue weighted by Gasteiger charge is 2.44. The molecule has 48 heavy (non-hydrogen) atoms. The summed E-state index contributed by atoms with van der Waals surface area (Å²) in [6.07, 6.45) is -0.0791. The first kappa shape index (κ1) is 35.5. The maximum Gasteiger partial charge on any atom is 0.246 e. The van der Waals surface area contributed by atoms with E-state index in [1.807, 2.05) is 50.2 Å². The van der Waals surface area contributed by atoms with Crippen LogP contribution < -0.4 is 21.3 Å². The van der Waals surface area contributed by atoms with Crippen LogP contribution in [0.1, 0.15) is 38.4 Å². The zero-order valence-corrected chi connectivity index (χ0v) is 29.4. The van der Waals surface area contributed by atoms with Gasteiger partial charge in [0, 0.05) is 51.8 Å². The zero-order valence-electron chi connectivity index (χ0n) is 27.8. The fourth-order valence-corrected chi connectivity index (χ4v) is 7.10. The maximum absolute atomic E-state index is 14.0. The number of carbonyl (C=O) groups is 3. The number of nitrogens with two attached hydrogens (primary N) is 1. The number of nitrogen functional groups attached to an aromatic ring is 1. The Bertz CT molecular complexity index is 1610. The Labute approximate surface area is 289 Å². The van der Waals surface area contributed by atoms with E-state index in [1.54, 1.807) is 17.4 Å². The van der Waals surface area contributed by atoms with Crippen LogP contribution in [0.3, 0.4) is 0 Å². The van der Waals surface area contributed by atoms with Crippen molar-refractivity contribution in [2.24, 2.45) is 5.41 Å². The molecule has 0 spiro atoms. The van der Waals surface area contributed by atoms with E-state index in [2.05, 4.69) is 42.8 Å². The molecule has 4 heterocycles. The predicted molar refractivity (Wildman–Crippen MR) is 187 cm³/mol. The van der Waals surface area contributed by atoms with Crippen molar-refractivity contribution in [2.75, 3.05) is 56.4 Å². The van der Waals surface area contributed by atoms with E-state index in [1.165, 1.54) is 4.90 Å². The second-order valence-electron chi connectivity index (χ2n) is 13.5. The van der Waals surface area contributed by atoms with Gasteiger partial charge in [-0.25, -0.2) is 4.98 Å². The Kier molecular flexibility index (Phi) is 11.2. The molecule has 0 radical (unpaired) electrons. The van der Waals surface area contributed by atoms with Crippen LogP contribution in [0.15, 0.2) is 35.8 Å². The van der Waals surface area contributed by atoms with Crippen LogP contribution in [0.4, 0.5) is 11.5 Å². The number of hydrogen-bond donors (Lipinski definition) is 4. The van der Waals surface area contributed by atoms with E-state index in [-0.39, 0.29) is 42.4 Å². The lowest BCUT2D eigenvalue weighted by molar-refractivity contribution is -0.144. The number of benzene rings is 1. The summed E-state index contributed by atoms with van der Waals surface area (Å²) in [5, 5.41) is 24.3. The first-order chi connectivity index (χ1) is 22.8. The molecule has 0 aliphatic carbocycles. The number of amides is 3. The number of halogens is 1. The van der Waals surface area contributed by atoms with Gasteiger partial charge >= 0.3 is 0 Å². The van der Waals surface area contributed by atoms with Crippen LogP contribution >= 0.6 is 22.9 Å². The molecule has 0 saturated carbocycles. The van der Waals surface area contributed by atoms with E-state index >= 15 is 0 Å². The number of carbonyl (C=O) groups excluding carboxylic acids is 3. The molecule has 2 aromatic heterocycles. The van der Waals surface area contributed by atoms with Gasteiger partial charge in [0.1, 0.15) is 12.1 Å². The number of aliphatic hydroxyl groups is 1. The molecule has 13 nitrogen and oxygen atoms in total. The van der Waals surface area contributed by atoms with Gasteiger partial charge < -0.3 is 31.3 Å². The molecule has 3 aromatic rings. The van der Waals surface area contributed by atoms with Gasteiger partial charge in [0.2, 0.25) is 17.7 Å². The minimum Gasteiger partial charge on any atom is -0.391 e. The molecule has 2 fully saturated rings. The van der Waals surface area contributed by atoms with E-state index < -0.39 is 23.6 Å². The summed E-state index contributed by atoms with van der Waals surface area (Å²) >= 11 is 7.61. The lowest BCUT2D eigenvalue weighted by Gasteiger charge is -2.37. The summed E-state index contributed by atoms with van der Waals surface area (Å²) < 4.78 is 0. The highest BCUT2D eigenvalue weighted by Crippen LogP contribution is 2.29. The number of aromatic nitrogens is 3. The van der Waals surface area contributed by atoms with Crippen molar-refractivity contribution < 1.29 is 19.5 Å². The number of hydrogen-bond acceptors (Lipinski definition) is 11. The fourth-order valence-electron chi connectivity index (χ4n) is 6.15. The third kappa shape index (κ3) is 8.59. The minimum absolute atomic E-state index is 0.0246. The van der Waals surface area contributed by atoms with E-state index in [0.29, 0.717) is 50.6 Å². The van der Waals surface area contributed by atoms with Gasteiger partial charge in [-0.05, 0) is 29.9 Å². The normalized spacial score (nSPS) is 19.3. The summed E-state index contributed by atoms with van der Waals surface area (Å²) in [5.74, 6) is -0.699. The van der Waals surface area contributed by atoms with Crippen LogP contribution in [0.5, 0.6) is 0 Å². The molecule has 0 unspecified atom stereocenters. The summed E-state index contributed by atoms with van der Waals surface area (Å²) in [7, 11) is 0. The van der Waals surface area contributed by atoms with E-state index in [9.17, 15) is 19.5 Å². The molecule has 258 valence electrons. The molecule has 2 saturated heterocycles. The number of likely N-dealkylation sites (tertiary alicyclic amines) is 1. The lowest BCUT2D eigenvalue weighted by atomic mass is 9.85. The Hall–Kier alpha value is -3.85. The minimum atomic E-state index is -0.891. The van der Waals surface area contributed by atoms with Gasteiger partial charge in [-0.15, -0.1) is 21.5 Å². The van der Waals surface area contributed by atoms with Crippen molar-refractivity contribution in [3.8, 4) is 10.4 Å². The molecule has 1 aromatic carbocycles. The number of nitrogens with one attached hydrogen (secondary N) is 2. The summed E-state index contributed by atoms with van der Waals surface area (Å²) in [5.41, 5.74) is 11.1. The average molecular weight is 698 g/mol. The zero-order chi connectivity index (χ0) is 34.6. The first-order valence-electron chi connectivity index (χ1n) is 16.1. The lowest BCUT2D eigenvalue weighted by Crippen LogP contribution is -2.59. The predicted octanol–water partition coefficient (Wildman–Crippen LogP) is 2.12. The van der Waals surface area contributed by atoms with Crippen LogP contribution in [0, 0.1) is 12.3 Å². The maximum atomic E-state index is 14.0. The summed E-state index contributed by atoms with van der Waals surface area (Å²) in [6.45, 7) is 10.5. The highest BCUT2D eigenvalue weighted by molar-refractivity contribution is 7.13. The number of rotatable bonds is 10. The molecule has 2 aliphatic heterocycles. The third-order valence-electron chi connectivity index (χ3n) is 8.81. The second-order valence-corrected chi connectivity index (χ2v) is 14.7. The van der Waals surface area contributed by atoms with E-state index in [0.717, 1.165) is 21.7 Å². The summed E-state index contributed by atoms with van der Waals surface area (Å²) in [6, 6.07) is 8.14. The molecular weight excluding hydrogens is 654 g/mol. The third-order valence-corrected chi connectivity index (χ3v) is 9.97. The van der Waals surface area contributed by atoms with Crippen molar-refractivity contribution in [2.45, 2.75) is 58.7 Å². The molecule has 5 rings (SSSR count). The van der Waals surface area contributed by atoms with Crippen LogP contribution in [-0.2, 0) is 20.8 Å². The standard InChI is InChI=1S/C33H44ClN9O4S/c1-20-28(48-19-37-20)22-7-5-21(6-8-22)9-10-36-31(46)25-15-23(44)17-43(25)32(47)29(33(2,3)4)38-27(45)18-41-11-13-42(14-12-41)24-16-26(34)39-40-30(24)35/h5-8,16,19,23,25,29,44H,9-15,17-18H2,1-4H3,(H2,35,40)(H,36,46)(H,38,45)/t23-,25-,29+/m0/s1. The molecule has 15 heteroatoms. The van der Waals surface area contributed by atoms with Crippen molar-refractivity contribution in [1.29, 1.82) is 0 Å². The largest absolute Gasteiger partial charge is 0.391 e. The van der Waals surface area contributed by atoms with Crippen LogP contribution in [-0.4, -0.2) is 112 Å². The number of aryl methyl sites for hydroxylation is 1. The SMILES string of the molecule is Cc1ncsc1-c1ccc(CCNC(=O)[C@@H]2C[C@H](O)CN2C(=O)[C@@H](NC(=O)CN2CCN(c3cc(Cl)nnc3N)CC2)C(C)(C)C)cc1. The average Bonchev–Trinajstić information content (AvgIpc) is 3.66. The van der Waals surface area contributed by atoms with Crippen molar-refractivity contribution in [1.82, 2.24) is 35.6 Å². The number of thiazole rings is 1. The first-order valence-corrected chi connectivity index (χ1v) is 17.4. The smallest absolute Gasteiger partial charge is 0.246 e. The van der Waals surface area contributed by atoms with Crippen molar-refractivity contribution in [3.05, 3.63) is 52.3 Å². The topological polar surface area (TPSA) is 170 Å². The Morgan fingerprint density at radius 2 is 1.83 bits per heavy atom. The van der Waals surface area contributed by atoms with Gasteiger partial charge in [0.15, 0.2) is 11.0 Å². The number of anilines is 2. The van der Waals surface area contributed by atoms with Gasteiger partial charge in [-0.2, -0.15) is 0 Å². The second kappa shape index (κ2) is 15.1. The molecule has 3 amide bonds. The van der Waals surface area contributed by atoms with Gasteiger partial charge in [0.25, 0.3) is 0 Å². The molecule has 5 N–H and O–H groups in total. The number of β-amino-alcohol motifs (C(OH)–C–C–N with tert-alkyl or cyclic N) is 1. The number of piperazine rings is 1. The highest BCUT2D eigenvalue weighted by atomic mass is 35.5. The Balaban J connectivity index is 1.14. The summed E-state index contributed by atoms with van der Waals surface area (Å²) in [4.78, 5) is 51.5. The monoisotopic (exact) mass is 697 g/mol. The number of nitrogens with zero attached hydrogens (tertiary/aromatic N) is 6. The molecule has 3 atom stereocenters. The van der Waals surface area contributed by atoms with Crippen LogP contribution in [0.25, 0.3) is 10.4 Å². The van der Waals surface area contributed by atoms with Gasteiger partial charge in [0.05, 0.1) is 34.4 Å². The van der Waals surface area contributed by atoms with Crippen molar-refractivity contribution in [3.63, 3.8) is 0 Å². The van der Waals surface area contributed by atoms with E-state index in [4.69, 9.17) is 17.3 Å². The Morgan fingerprint density at radius 3 is 2.48 bits per heavy atom. The molecule has 2 aliphatic rings. The number of aliphatic hydroxyl groups excluding tert-OH is 1. The molecular formula is C33H44ClN9O4S. The van der Waals surface area contributed by atoms with Gasteiger partial charge in [-0.1, -0.05) is 56.6 Å². The fraction of sp³-hybridized carbons (Fsp3) is 0.515. The van der Waals surface area contributed by atoms with Gasteiger partial charge in [-0.3, -0.25) is 19.3 Å². The quantitative estimate of drug-likeness (QED) is 0.246. The van der Waals surface area contributed by atoms with Crippen molar-refractivity contribution >= 4 is 52.2 Å².